The highest BCUT2D eigenvalue weighted by Gasteiger charge is 2.31. The van der Waals surface area contributed by atoms with Gasteiger partial charge in [0, 0.05) is 11.1 Å². The van der Waals surface area contributed by atoms with E-state index in [-0.39, 0.29) is 18.3 Å². The minimum Gasteiger partial charge on any atom is -0.469 e. The molecule has 1 N–H and O–H groups in total. The third-order valence-electron chi connectivity index (χ3n) is 2.58. The van der Waals surface area contributed by atoms with E-state index in [1.807, 2.05) is 45.0 Å². The molecule has 0 saturated carbocycles. The van der Waals surface area contributed by atoms with E-state index in [0.29, 0.717) is 0 Å². The van der Waals surface area contributed by atoms with E-state index < -0.39 is 11.7 Å². The van der Waals surface area contributed by atoms with E-state index in [1.165, 1.54) is 0 Å². The van der Waals surface area contributed by atoms with Crippen LogP contribution in [-0.2, 0) is 14.3 Å². The lowest BCUT2D eigenvalue weighted by molar-refractivity contribution is -0.156. The highest BCUT2D eigenvalue weighted by molar-refractivity contribution is 5.96. The molecule has 1 aliphatic heterocycles. The van der Waals surface area contributed by atoms with Crippen molar-refractivity contribution in [2.45, 2.75) is 38.9 Å². The Kier molecular flexibility index (Phi) is 3.11. The lowest BCUT2D eigenvalue weighted by Gasteiger charge is -2.20. The molecule has 18 heavy (non-hydrogen) atoms. The Hall–Kier alpha value is -1.84. The Morgan fingerprint density at radius 3 is 2.72 bits per heavy atom. The predicted octanol–water partition coefficient (Wildman–Crippen LogP) is 2.82. The van der Waals surface area contributed by atoms with E-state index in [0.717, 1.165) is 11.1 Å². The second-order valence-electron chi connectivity index (χ2n) is 5.31. The van der Waals surface area contributed by atoms with Gasteiger partial charge in [0.1, 0.15) is 11.7 Å². The average molecular weight is 247 g/mol. The van der Waals surface area contributed by atoms with Gasteiger partial charge in [-0.25, -0.2) is 0 Å². The standard InChI is InChI=1S/C14H17NO3/c1-14(2,3)18-12(16)8-11-9-6-4-5-7-10(9)13(15)17-11/h4-7,11,15H,8H2,1-3H3. The molecule has 1 heterocycles. The molecule has 0 spiro atoms. The van der Waals surface area contributed by atoms with Crippen LogP contribution in [0, 0.1) is 5.41 Å². The molecule has 1 atom stereocenters. The van der Waals surface area contributed by atoms with Gasteiger partial charge in [0.15, 0.2) is 0 Å². The number of carbonyl (C=O) groups excluding carboxylic acids is 1. The van der Waals surface area contributed by atoms with Crippen LogP contribution in [0.25, 0.3) is 0 Å². The summed E-state index contributed by atoms with van der Waals surface area (Å²) in [5.41, 5.74) is 1.14. The molecule has 96 valence electrons. The zero-order valence-electron chi connectivity index (χ0n) is 10.8. The first kappa shape index (κ1) is 12.6. The Bertz CT molecular complexity index is 488. The highest BCUT2D eigenvalue weighted by Crippen LogP contribution is 2.33. The molecule has 0 fully saturated rings. The molecule has 1 unspecified atom stereocenters. The fourth-order valence-electron chi connectivity index (χ4n) is 1.94. The summed E-state index contributed by atoms with van der Waals surface area (Å²) in [6.07, 6.45) is -0.264. The second-order valence-corrected chi connectivity index (χ2v) is 5.31. The first-order valence-corrected chi connectivity index (χ1v) is 5.93. The fourth-order valence-corrected chi connectivity index (χ4v) is 1.94. The van der Waals surface area contributed by atoms with Crippen molar-refractivity contribution in [3.8, 4) is 0 Å². The fraction of sp³-hybridized carbons (Fsp3) is 0.429. The van der Waals surface area contributed by atoms with Crippen molar-refractivity contribution in [2.75, 3.05) is 0 Å². The zero-order valence-corrected chi connectivity index (χ0v) is 10.8. The molecular weight excluding hydrogens is 230 g/mol. The lowest BCUT2D eigenvalue weighted by Crippen LogP contribution is -2.25. The van der Waals surface area contributed by atoms with Crippen LogP contribution in [-0.4, -0.2) is 17.5 Å². The van der Waals surface area contributed by atoms with Crippen molar-refractivity contribution >= 4 is 11.9 Å². The van der Waals surface area contributed by atoms with Crippen LogP contribution in [0.15, 0.2) is 24.3 Å². The largest absolute Gasteiger partial charge is 0.469 e. The summed E-state index contributed by atoms with van der Waals surface area (Å²) >= 11 is 0. The second kappa shape index (κ2) is 4.44. The molecule has 0 saturated heterocycles. The Morgan fingerprint density at radius 1 is 1.39 bits per heavy atom. The van der Waals surface area contributed by atoms with Crippen LogP contribution >= 0.6 is 0 Å². The maximum absolute atomic E-state index is 11.8. The number of nitrogens with one attached hydrogen (secondary N) is 1. The summed E-state index contributed by atoms with van der Waals surface area (Å²) in [4.78, 5) is 11.8. The molecular formula is C14H17NO3. The highest BCUT2D eigenvalue weighted by atomic mass is 16.6. The van der Waals surface area contributed by atoms with Gasteiger partial charge >= 0.3 is 5.97 Å². The van der Waals surface area contributed by atoms with E-state index in [2.05, 4.69) is 0 Å². The van der Waals surface area contributed by atoms with Crippen molar-refractivity contribution in [3.63, 3.8) is 0 Å². The van der Waals surface area contributed by atoms with Crippen LogP contribution in [0.1, 0.15) is 44.4 Å². The van der Waals surface area contributed by atoms with Crippen LogP contribution in [0.5, 0.6) is 0 Å². The van der Waals surface area contributed by atoms with E-state index in [9.17, 15) is 4.79 Å². The van der Waals surface area contributed by atoms with Crippen molar-refractivity contribution in [1.82, 2.24) is 0 Å². The summed E-state index contributed by atoms with van der Waals surface area (Å²) in [6, 6.07) is 7.44. The van der Waals surface area contributed by atoms with Crippen LogP contribution in [0.3, 0.4) is 0 Å². The Morgan fingerprint density at radius 2 is 2.06 bits per heavy atom. The van der Waals surface area contributed by atoms with E-state index in [4.69, 9.17) is 14.9 Å². The molecule has 2 rings (SSSR count). The smallest absolute Gasteiger partial charge is 0.310 e. The van der Waals surface area contributed by atoms with Crippen LogP contribution in [0.4, 0.5) is 0 Å². The number of benzene rings is 1. The summed E-state index contributed by atoms with van der Waals surface area (Å²) < 4.78 is 10.7. The lowest BCUT2D eigenvalue weighted by atomic mass is 10.0. The molecule has 0 radical (unpaired) electrons. The molecule has 0 aromatic heterocycles. The molecule has 1 aliphatic rings. The van der Waals surface area contributed by atoms with Gasteiger partial charge in [0.25, 0.3) is 0 Å². The number of carbonyl (C=O) groups is 1. The quantitative estimate of drug-likeness (QED) is 0.817. The molecule has 4 heteroatoms. The monoisotopic (exact) mass is 247 g/mol. The third-order valence-corrected chi connectivity index (χ3v) is 2.58. The van der Waals surface area contributed by atoms with Crippen molar-refractivity contribution < 1.29 is 14.3 Å². The van der Waals surface area contributed by atoms with Gasteiger partial charge in [-0.3, -0.25) is 10.2 Å². The molecule has 1 aromatic rings. The number of ether oxygens (including phenoxy) is 2. The molecule has 0 aliphatic carbocycles. The van der Waals surface area contributed by atoms with Crippen LogP contribution < -0.4 is 0 Å². The SMILES string of the molecule is CC(C)(C)OC(=O)CC1OC(=N)c2ccccc21. The molecule has 0 bridgehead atoms. The normalized spacial score (nSPS) is 18.2. The minimum atomic E-state index is -0.497. The van der Waals surface area contributed by atoms with Crippen LogP contribution in [0.2, 0.25) is 0 Å². The van der Waals surface area contributed by atoms with Gasteiger partial charge in [-0.15, -0.1) is 0 Å². The number of rotatable bonds is 2. The summed E-state index contributed by atoms with van der Waals surface area (Å²) in [7, 11) is 0. The third kappa shape index (κ3) is 2.70. The zero-order chi connectivity index (χ0) is 13.3. The summed E-state index contributed by atoms with van der Waals surface area (Å²) in [6.45, 7) is 5.49. The Labute approximate surface area is 106 Å². The van der Waals surface area contributed by atoms with E-state index in [1.54, 1.807) is 0 Å². The molecule has 4 nitrogen and oxygen atoms in total. The van der Waals surface area contributed by atoms with Gasteiger partial charge in [-0.1, -0.05) is 18.2 Å². The maximum Gasteiger partial charge on any atom is 0.310 e. The first-order chi connectivity index (χ1) is 8.37. The van der Waals surface area contributed by atoms with Gasteiger partial charge in [-0.2, -0.15) is 0 Å². The summed E-state index contributed by atoms with van der Waals surface area (Å²) in [5, 5.41) is 7.71. The predicted molar refractivity (Wildman–Crippen MR) is 67.6 cm³/mol. The maximum atomic E-state index is 11.8. The van der Waals surface area contributed by atoms with Gasteiger partial charge in [0.05, 0.1) is 6.42 Å². The van der Waals surface area contributed by atoms with Gasteiger partial charge < -0.3 is 9.47 Å². The number of fused-ring (bicyclic) bond motifs is 1. The average Bonchev–Trinajstić information content (AvgIpc) is 2.54. The number of hydrogen-bond acceptors (Lipinski definition) is 4. The van der Waals surface area contributed by atoms with E-state index >= 15 is 0 Å². The minimum absolute atomic E-state index is 0.124. The van der Waals surface area contributed by atoms with Crippen molar-refractivity contribution in [2.24, 2.45) is 0 Å². The Balaban J connectivity index is 2.09. The van der Waals surface area contributed by atoms with Crippen molar-refractivity contribution in [3.05, 3.63) is 35.4 Å². The van der Waals surface area contributed by atoms with Gasteiger partial charge in [0.2, 0.25) is 5.90 Å². The van der Waals surface area contributed by atoms with Gasteiger partial charge in [-0.05, 0) is 26.8 Å². The molecule has 1 aromatic carbocycles. The number of esters is 1. The topological polar surface area (TPSA) is 59.4 Å². The van der Waals surface area contributed by atoms with Crippen molar-refractivity contribution in [1.29, 1.82) is 5.41 Å². The molecule has 0 amide bonds. The first-order valence-electron chi connectivity index (χ1n) is 5.93. The number of hydrogen-bond donors (Lipinski definition) is 1. The summed E-state index contributed by atoms with van der Waals surface area (Å²) in [5.74, 6) is -0.184.